The van der Waals surface area contributed by atoms with E-state index >= 15 is 0 Å². The fraction of sp³-hybridized carbons (Fsp3) is 0.273. The molecule has 3 aromatic rings. The van der Waals surface area contributed by atoms with Gasteiger partial charge in [-0.2, -0.15) is 0 Å². The Balaban J connectivity index is 1.65. The molecule has 1 atom stereocenters. The number of carbonyl (C=O) groups excluding carboxylic acids is 1. The summed E-state index contributed by atoms with van der Waals surface area (Å²) in [4.78, 5) is 17.5. The maximum atomic E-state index is 13.2. The number of imidazole rings is 1. The minimum Gasteiger partial charge on any atom is -0.335 e. The predicted octanol–water partition coefficient (Wildman–Crippen LogP) is 4.10. The summed E-state index contributed by atoms with van der Waals surface area (Å²) in [6.07, 6.45) is 6.28. The van der Waals surface area contributed by atoms with Gasteiger partial charge < -0.3 is 9.88 Å². The maximum Gasteiger partial charge on any atom is 0.235 e. The second kappa shape index (κ2) is 6.79. The average molecular weight is 345 g/mol. The molecule has 2 aromatic carbocycles. The number of hydrogen-bond acceptors (Lipinski definition) is 2. The van der Waals surface area contributed by atoms with Gasteiger partial charge in [0.05, 0.1) is 5.41 Å². The molecule has 0 aliphatic carbocycles. The van der Waals surface area contributed by atoms with Gasteiger partial charge in [0.25, 0.3) is 0 Å². The third-order valence-electron chi connectivity index (χ3n) is 5.45. The minimum atomic E-state index is -0.524. The van der Waals surface area contributed by atoms with E-state index in [9.17, 15) is 4.79 Å². The molecule has 0 saturated heterocycles. The SMILES string of the molecule is Cc1nccn1CCCC1(c2ccccc2)Cc2ccccc2NC1=O. The van der Waals surface area contributed by atoms with Gasteiger partial charge in [0, 0.05) is 24.6 Å². The standard InChI is InChI=1S/C22H23N3O/c1-17-23-13-15-25(17)14-7-12-22(19-9-3-2-4-10-19)16-18-8-5-6-11-20(18)24-21(22)26/h2-6,8-11,13,15H,7,12,14,16H2,1H3,(H,24,26). The Kier molecular flexibility index (Phi) is 4.33. The van der Waals surface area contributed by atoms with Gasteiger partial charge in [0.2, 0.25) is 5.91 Å². The van der Waals surface area contributed by atoms with Crippen LogP contribution < -0.4 is 5.32 Å². The van der Waals surface area contributed by atoms with E-state index in [-0.39, 0.29) is 5.91 Å². The van der Waals surface area contributed by atoms with Crippen LogP contribution in [-0.2, 0) is 23.2 Å². The highest BCUT2D eigenvalue weighted by atomic mass is 16.2. The Morgan fingerprint density at radius 3 is 2.65 bits per heavy atom. The lowest BCUT2D eigenvalue weighted by molar-refractivity contribution is -0.122. The van der Waals surface area contributed by atoms with Crippen molar-refractivity contribution in [2.24, 2.45) is 0 Å². The molecule has 0 saturated carbocycles. The van der Waals surface area contributed by atoms with E-state index in [1.807, 2.05) is 55.7 Å². The van der Waals surface area contributed by atoms with E-state index in [1.54, 1.807) is 0 Å². The van der Waals surface area contributed by atoms with Crippen LogP contribution in [0.3, 0.4) is 0 Å². The number of amides is 1. The zero-order valence-corrected chi connectivity index (χ0v) is 15.0. The number of anilines is 1. The van der Waals surface area contributed by atoms with Crippen LogP contribution in [-0.4, -0.2) is 15.5 Å². The first-order valence-corrected chi connectivity index (χ1v) is 9.12. The molecule has 1 aromatic heterocycles. The van der Waals surface area contributed by atoms with Gasteiger partial charge in [-0.3, -0.25) is 4.79 Å². The number of carbonyl (C=O) groups is 1. The van der Waals surface area contributed by atoms with Crippen molar-refractivity contribution in [3.8, 4) is 0 Å². The van der Waals surface area contributed by atoms with Crippen molar-refractivity contribution >= 4 is 11.6 Å². The van der Waals surface area contributed by atoms with Gasteiger partial charge >= 0.3 is 0 Å². The van der Waals surface area contributed by atoms with Crippen LogP contribution in [0.1, 0.15) is 29.8 Å². The molecule has 0 radical (unpaired) electrons. The predicted molar refractivity (Wildman–Crippen MR) is 103 cm³/mol. The normalized spacial score (nSPS) is 19.0. The number of aromatic nitrogens is 2. The number of fused-ring (bicyclic) bond motifs is 1. The second-order valence-corrected chi connectivity index (χ2v) is 7.01. The van der Waals surface area contributed by atoms with Crippen molar-refractivity contribution in [2.45, 2.75) is 38.1 Å². The number of aryl methyl sites for hydroxylation is 2. The topological polar surface area (TPSA) is 46.9 Å². The molecule has 132 valence electrons. The van der Waals surface area contributed by atoms with Gasteiger partial charge in [-0.25, -0.2) is 4.98 Å². The fourth-order valence-corrected chi connectivity index (χ4v) is 3.97. The van der Waals surface area contributed by atoms with Crippen molar-refractivity contribution in [1.82, 2.24) is 9.55 Å². The van der Waals surface area contributed by atoms with Gasteiger partial charge in [-0.15, -0.1) is 0 Å². The molecule has 26 heavy (non-hydrogen) atoms. The molecular weight excluding hydrogens is 322 g/mol. The Labute approximate surface area is 153 Å². The van der Waals surface area contributed by atoms with Crippen molar-refractivity contribution in [3.63, 3.8) is 0 Å². The Morgan fingerprint density at radius 1 is 1.12 bits per heavy atom. The molecule has 1 amide bonds. The highest BCUT2D eigenvalue weighted by Crippen LogP contribution is 2.40. The summed E-state index contributed by atoms with van der Waals surface area (Å²) in [5, 5.41) is 3.15. The summed E-state index contributed by atoms with van der Waals surface area (Å²) in [6.45, 7) is 2.88. The average Bonchev–Trinajstić information content (AvgIpc) is 3.08. The van der Waals surface area contributed by atoms with Crippen molar-refractivity contribution in [3.05, 3.63) is 83.9 Å². The Hall–Kier alpha value is -2.88. The number of benzene rings is 2. The number of nitrogens with zero attached hydrogens (tertiary/aromatic N) is 2. The highest BCUT2D eigenvalue weighted by Gasteiger charge is 2.43. The molecule has 2 heterocycles. The molecule has 4 nitrogen and oxygen atoms in total. The minimum absolute atomic E-state index is 0.102. The molecule has 0 bridgehead atoms. The van der Waals surface area contributed by atoms with Crippen molar-refractivity contribution in [2.75, 3.05) is 5.32 Å². The van der Waals surface area contributed by atoms with Crippen LogP contribution in [0.15, 0.2) is 67.0 Å². The third kappa shape index (κ3) is 2.92. The Bertz CT molecular complexity index is 916. The quantitative estimate of drug-likeness (QED) is 0.756. The summed E-state index contributed by atoms with van der Waals surface area (Å²) in [5.41, 5.74) is 2.71. The lowest BCUT2D eigenvalue weighted by atomic mass is 9.69. The smallest absolute Gasteiger partial charge is 0.235 e. The summed E-state index contributed by atoms with van der Waals surface area (Å²) < 4.78 is 2.15. The fourth-order valence-electron chi connectivity index (χ4n) is 3.97. The first kappa shape index (κ1) is 16.6. The van der Waals surface area contributed by atoms with E-state index in [2.05, 4.69) is 33.1 Å². The number of para-hydroxylation sites is 1. The molecule has 1 unspecified atom stereocenters. The van der Waals surface area contributed by atoms with Crippen LogP contribution in [0, 0.1) is 6.92 Å². The first-order chi connectivity index (χ1) is 12.7. The number of hydrogen-bond donors (Lipinski definition) is 1. The zero-order chi connectivity index (χ0) is 18.0. The lowest BCUT2D eigenvalue weighted by Crippen LogP contribution is -2.45. The Morgan fingerprint density at radius 2 is 1.88 bits per heavy atom. The molecule has 0 fully saturated rings. The van der Waals surface area contributed by atoms with Crippen molar-refractivity contribution in [1.29, 1.82) is 0 Å². The third-order valence-corrected chi connectivity index (χ3v) is 5.45. The zero-order valence-electron chi connectivity index (χ0n) is 15.0. The number of nitrogens with one attached hydrogen (secondary N) is 1. The summed E-state index contributed by atoms with van der Waals surface area (Å²) in [6, 6.07) is 18.3. The summed E-state index contributed by atoms with van der Waals surface area (Å²) in [7, 11) is 0. The van der Waals surface area contributed by atoms with Crippen LogP contribution >= 0.6 is 0 Å². The molecule has 1 aliphatic rings. The second-order valence-electron chi connectivity index (χ2n) is 7.01. The van der Waals surface area contributed by atoms with Gasteiger partial charge in [-0.1, -0.05) is 48.5 Å². The lowest BCUT2D eigenvalue weighted by Gasteiger charge is -2.37. The van der Waals surface area contributed by atoms with E-state index in [1.165, 1.54) is 5.56 Å². The van der Waals surface area contributed by atoms with E-state index in [4.69, 9.17) is 0 Å². The van der Waals surface area contributed by atoms with Crippen LogP contribution in [0.2, 0.25) is 0 Å². The van der Waals surface area contributed by atoms with Crippen molar-refractivity contribution < 1.29 is 4.79 Å². The number of rotatable bonds is 5. The van der Waals surface area contributed by atoms with Crippen LogP contribution in [0.25, 0.3) is 0 Å². The van der Waals surface area contributed by atoms with E-state index in [0.717, 1.165) is 42.9 Å². The largest absolute Gasteiger partial charge is 0.335 e. The van der Waals surface area contributed by atoms with Crippen LogP contribution in [0.4, 0.5) is 5.69 Å². The van der Waals surface area contributed by atoms with Gasteiger partial charge in [-0.05, 0) is 43.4 Å². The molecule has 4 rings (SSSR count). The van der Waals surface area contributed by atoms with Crippen LogP contribution in [0.5, 0.6) is 0 Å². The monoisotopic (exact) mass is 345 g/mol. The van der Waals surface area contributed by atoms with Gasteiger partial charge in [0.15, 0.2) is 0 Å². The molecule has 1 aliphatic heterocycles. The molecule has 0 spiro atoms. The molecule has 1 N–H and O–H groups in total. The molecule has 4 heteroatoms. The maximum absolute atomic E-state index is 13.2. The highest BCUT2D eigenvalue weighted by molar-refractivity contribution is 6.02. The van der Waals surface area contributed by atoms with E-state index < -0.39 is 5.41 Å². The summed E-state index contributed by atoms with van der Waals surface area (Å²) >= 11 is 0. The summed E-state index contributed by atoms with van der Waals surface area (Å²) in [5.74, 6) is 1.11. The van der Waals surface area contributed by atoms with E-state index in [0.29, 0.717) is 0 Å². The first-order valence-electron chi connectivity index (χ1n) is 9.12. The van der Waals surface area contributed by atoms with Gasteiger partial charge in [0.1, 0.15) is 5.82 Å². The molecular formula is C22H23N3O.